The van der Waals surface area contributed by atoms with Crippen molar-refractivity contribution < 1.29 is 1.37 Å². The van der Waals surface area contributed by atoms with Crippen LogP contribution in [0.15, 0.2) is 66.7 Å². The third-order valence-corrected chi connectivity index (χ3v) is 7.21. The molecule has 0 atom stereocenters. The molecule has 5 rings (SSSR count). The molecule has 0 saturated heterocycles. The summed E-state index contributed by atoms with van der Waals surface area (Å²) >= 11 is 0. The summed E-state index contributed by atoms with van der Waals surface area (Å²) in [4.78, 5) is 2.47. The highest BCUT2D eigenvalue weighted by molar-refractivity contribution is 5.85. The van der Waals surface area contributed by atoms with E-state index in [1.807, 2.05) is 0 Å². The second kappa shape index (κ2) is 7.26. The molecule has 0 aromatic heterocycles. The van der Waals surface area contributed by atoms with Crippen LogP contribution in [0.2, 0.25) is 0 Å². The van der Waals surface area contributed by atoms with Crippen molar-refractivity contribution in [1.29, 1.82) is 0 Å². The predicted molar refractivity (Wildman–Crippen MR) is 134 cm³/mol. The van der Waals surface area contributed by atoms with Crippen molar-refractivity contribution >= 4 is 11.4 Å². The molecule has 0 spiro atoms. The maximum atomic E-state index is 9.54. The molecule has 2 aliphatic carbocycles. The lowest BCUT2D eigenvalue weighted by Gasteiger charge is -2.40. The molecule has 1 saturated carbocycles. The van der Waals surface area contributed by atoms with E-state index in [-0.39, 0.29) is 11.0 Å². The molecule has 1 heteroatoms. The largest absolute Gasteiger partial charge is 0.336 e. The molecule has 0 amide bonds. The van der Waals surface area contributed by atoms with Gasteiger partial charge in [-0.05, 0) is 91.6 Å². The Morgan fingerprint density at radius 2 is 1.48 bits per heavy atom. The monoisotopic (exact) mass is 410 g/mol. The molecule has 31 heavy (non-hydrogen) atoms. The van der Waals surface area contributed by atoms with Gasteiger partial charge in [0.1, 0.15) is 0 Å². The van der Waals surface area contributed by atoms with Crippen LogP contribution in [-0.4, -0.2) is 5.54 Å². The number of nitrogens with zero attached hydrogens (tertiary/aromatic N) is 1. The molecular formula is C30H35N. The first-order chi connectivity index (χ1) is 15.1. The van der Waals surface area contributed by atoms with Gasteiger partial charge in [-0.3, -0.25) is 0 Å². The molecule has 0 radical (unpaired) electrons. The van der Waals surface area contributed by atoms with Crippen LogP contribution in [-0.2, 0) is 5.41 Å². The van der Waals surface area contributed by atoms with Gasteiger partial charge in [0.2, 0.25) is 0 Å². The van der Waals surface area contributed by atoms with Gasteiger partial charge in [0, 0.05) is 23.7 Å². The maximum absolute atomic E-state index is 9.54. The van der Waals surface area contributed by atoms with Crippen LogP contribution in [0.3, 0.4) is 0 Å². The lowest BCUT2D eigenvalue weighted by molar-refractivity contribution is 0.555. The van der Waals surface area contributed by atoms with Crippen molar-refractivity contribution in [3.63, 3.8) is 0 Å². The maximum Gasteiger partial charge on any atom is 0.0454 e. The highest BCUT2D eigenvalue weighted by Crippen LogP contribution is 2.53. The van der Waals surface area contributed by atoms with Crippen LogP contribution in [0.4, 0.5) is 11.4 Å². The Morgan fingerprint density at radius 1 is 0.839 bits per heavy atom. The summed E-state index contributed by atoms with van der Waals surface area (Å²) in [6.07, 6.45) is 4.17. The number of rotatable bonds is 3. The van der Waals surface area contributed by atoms with Crippen LogP contribution >= 0.6 is 0 Å². The number of fused-ring (bicyclic) bond motifs is 3. The summed E-state index contributed by atoms with van der Waals surface area (Å²) in [7, 11) is 0. The van der Waals surface area contributed by atoms with E-state index < -0.39 is 5.89 Å². The van der Waals surface area contributed by atoms with Gasteiger partial charge in [0.25, 0.3) is 0 Å². The molecule has 3 aromatic rings. The Morgan fingerprint density at radius 3 is 2.16 bits per heavy atom. The number of anilines is 2. The smallest absolute Gasteiger partial charge is 0.0454 e. The van der Waals surface area contributed by atoms with Crippen molar-refractivity contribution in [2.75, 3.05) is 4.90 Å². The van der Waals surface area contributed by atoms with Crippen molar-refractivity contribution in [3.05, 3.63) is 83.4 Å². The summed E-state index contributed by atoms with van der Waals surface area (Å²) in [5, 5.41) is 0. The van der Waals surface area contributed by atoms with E-state index in [1.165, 1.54) is 39.2 Å². The quantitative estimate of drug-likeness (QED) is 0.418. The summed E-state index contributed by atoms with van der Waals surface area (Å²) in [5.74, 6) is -0.523. The molecule has 1 fully saturated rings. The third kappa shape index (κ3) is 3.30. The zero-order valence-electron chi connectivity index (χ0n) is 20.6. The minimum Gasteiger partial charge on any atom is -0.336 e. The number of benzene rings is 3. The fourth-order valence-corrected chi connectivity index (χ4v) is 5.74. The third-order valence-electron chi connectivity index (χ3n) is 7.21. The van der Waals surface area contributed by atoms with Crippen molar-refractivity contribution in [2.24, 2.45) is 0 Å². The van der Waals surface area contributed by atoms with Gasteiger partial charge in [-0.2, -0.15) is 0 Å². The van der Waals surface area contributed by atoms with Crippen molar-refractivity contribution in [2.45, 2.75) is 77.1 Å². The fourth-order valence-electron chi connectivity index (χ4n) is 5.74. The SMILES string of the molecule is [2H]C1(c2cc3c(cc2N(c2ccccc2)C(C)(C)C)C(C)(C)c2ccccc2-3)CCCC1. The minimum atomic E-state index is -0.523. The van der Waals surface area contributed by atoms with Crippen LogP contribution in [0.1, 0.15) is 84.3 Å². The summed E-state index contributed by atoms with van der Waals surface area (Å²) in [5.41, 5.74) is 8.86. The average molecular weight is 411 g/mol. The topological polar surface area (TPSA) is 3.24 Å². The Hall–Kier alpha value is -2.54. The average Bonchev–Trinajstić information content (AvgIpc) is 3.29. The van der Waals surface area contributed by atoms with Gasteiger partial charge in [-0.25, -0.2) is 0 Å². The molecule has 3 aromatic carbocycles. The van der Waals surface area contributed by atoms with E-state index in [4.69, 9.17) is 0 Å². The molecule has 0 bridgehead atoms. The Bertz CT molecular complexity index is 1150. The summed E-state index contributed by atoms with van der Waals surface area (Å²) in [6.45, 7) is 11.5. The Labute approximate surface area is 189 Å². The second-order valence-corrected chi connectivity index (χ2v) is 10.7. The van der Waals surface area contributed by atoms with Crippen LogP contribution in [0, 0.1) is 0 Å². The highest BCUT2D eigenvalue weighted by Gasteiger charge is 2.38. The van der Waals surface area contributed by atoms with Crippen LogP contribution in [0.5, 0.6) is 0 Å². The van der Waals surface area contributed by atoms with Crippen molar-refractivity contribution in [1.82, 2.24) is 0 Å². The van der Waals surface area contributed by atoms with Gasteiger partial charge < -0.3 is 4.90 Å². The van der Waals surface area contributed by atoms with Gasteiger partial charge in [0.15, 0.2) is 0 Å². The first-order valence-electron chi connectivity index (χ1n) is 12.3. The summed E-state index contributed by atoms with van der Waals surface area (Å²) < 4.78 is 9.54. The summed E-state index contributed by atoms with van der Waals surface area (Å²) in [6, 6.07) is 24.4. The van der Waals surface area contributed by atoms with Crippen molar-refractivity contribution in [3.8, 4) is 11.1 Å². The van der Waals surface area contributed by atoms with E-state index in [0.717, 1.165) is 25.7 Å². The van der Waals surface area contributed by atoms with Gasteiger partial charge >= 0.3 is 0 Å². The van der Waals surface area contributed by atoms with Gasteiger partial charge in [0.05, 0.1) is 0 Å². The molecule has 0 unspecified atom stereocenters. The van der Waals surface area contributed by atoms with Gasteiger partial charge in [-0.1, -0.05) is 69.2 Å². The van der Waals surface area contributed by atoms with E-state index in [1.54, 1.807) is 0 Å². The Balaban J connectivity index is 1.82. The molecule has 0 aliphatic heterocycles. The zero-order chi connectivity index (χ0) is 22.7. The standard InChI is InChI=1S/C30H35N/c1-29(2,3)31(22-15-7-6-8-16-22)28-20-27-25(19-24(28)21-13-9-10-14-21)23-17-11-12-18-26(23)30(27,4)5/h6-8,11-12,15-21H,9-10,13-14H2,1-5H3/i21D. The zero-order valence-corrected chi connectivity index (χ0v) is 19.6. The lowest BCUT2D eigenvalue weighted by Crippen LogP contribution is -2.38. The second-order valence-electron chi connectivity index (χ2n) is 10.7. The molecule has 2 aliphatic rings. The first kappa shape index (κ1) is 19.2. The lowest BCUT2D eigenvalue weighted by atomic mass is 9.81. The number of para-hydroxylation sites is 1. The predicted octanol–water partition coefficient (Wildman–Crippen LogP) is 8.59. The molecule has 1 nitrogen and oxygen atoms in total. The van der Waals surface area contributed by atoms with E-state index >= 15 is 0 Å². The van der Waals surface area contributed by atoms with Crippen LogP contribution in [0.25, 0.3) is 11.1 Å². The van der Waals surface area contributed by atoms with E-state index in [9.17, 15) is 1.37 Å². The Kier molecular flexibility index (Phi) is 4.49. The minimum absolute atomic E-state index is 0.0513. The first-order valence-corrected chi connectivity index (χ1v) is 11.8. The number of hydrogen-bond acceptors (Lipinski definition) is 1. The molecular weight excluding hydrogens is 374 g/mol. The number of hydrogen-bond donors (Lipinski definition) is 0. The molecule has 0 heterocycles. The molecule has 0 N–H and O–H groups in total. The van der Waals surface area contributed by atoms with E-state index in [2.05, 4.69) is 106 Å². The fraction of sp³-hybridized carbons (Fsp3) is 0.400. The normalized spacial score (nSPS) is 18.9. The van der Waals surface area contributed by atoms with Crippen LogP contribution < -0.4 is 4.90 Å². The van der Waals surface area contributed by atoms with E-state index in [0.29, 0.717) is 0 Å². The van der Waals surface area contributed by atoms with Gasteiger partial charge in [-0.15, -0.1) is 0 Å². The molecule has 160 valence electrons. The highest BCUT2D eigenvalue weighted by atomic mass is 15.2.